The summed E-state index contributed by atoms with van der Waals surface area (Å²) in [6.45, 7) is 6.05. The van der Waals surface area contributed by atoms with Crippen molar-refractivity contribution in [2.24, 2.45) is 0 Å². The molecule has 0 bridgehead atoms. The Labute approximate surface area is 156 Å². The molecule has 0 saturated carbocycles. The Morgan fingerprint density at radius 1 is 1.21 bits per heavy atom. The van der Waals surface area contributed by atoms with E-state index in [9.17, 15) is 0 Å². The molecule has 1 aliphatic rings. The van der Waals surface area contributed by atoms with Gasteiger partial charge in [-0.3, -0.25) is 0 Å². The first-order valence-electron chi connectivity index (χ1n) is 8.22. The fourth-order valence-corrected chi connectivity index (χ4v) is 5.24. The third-order valence-corrected chi connectivity index (χ3v) is 7.24. The molecule has 1 aromatic carbocycles. The van der Waals surface area contributed by atoms with E-state index in [2.05, 4.69) is 47.6 Å². The van der Waals surface area contributed by atoms with Crippen LogP contribution in [0.25, 0.3) is 0 Å². The van der Waals surface area contributed by atoms with E-state index in [-0.39, 0.29) is 0 Å². The molecule has 0 amide bonds. The number of aromatic nitrogens is 2. The lowest BCUT2D eigenvalue weighted by molar-refractivity contribution is 0.120. The molecule has 0 aliphatic carbocycles. The summed E-state index contributed by atoms with van der Waals surface area (Å²) < 4.78 is 6.64. The lowest BCUT2D eigenvalue weighted by atomic mass is 10.1. The van der Waals surface area contributed by atoms with E-state index in [4.69, 9.17) is 4.74 Å². The number of rotatable bonds is 8. The highest BCUT2D eigenvalue weighted by Crippen LogP contribution is 2.28. The third-order valence-electron chi connectivity index (χ3n) is 3.97. The molecular formula is C17H23N3OS3. The fourth-order valence-electron chi connectivity index (χ4n) is 2.44. The first-order valence-corrected chi connectivity index (χ1v) is 11.0. The Kier molecular flexibility index (Phi) is 6.83. The van der Waals surface area contributed by atoms with Gasteiger partial charge in [0.2, 0.25) is 5.13 Å². The Morgan fingerprint density at radius 2 is 2.08 bits per heavy atom. The van der Waals surface area contributed by atoms with E-state index < -0.39 is 0 Å². The predicted octanol–water partition coefficient (Wildman–Crippen LogP) is 4.63. The van der Waals surface area contributed by atoms with Crippen molar-refractivity contribution in [2.45, 2.75) is 42.0 Å². The molecule has 1 fully saturated rings. The maximum Gasteiger partial charge on any atom is 0.206 e. The van der Waals surface area contributed by atoms with Crippen molar-refractivity contribution in [3.63, 3.8) is 0 Å². The van der Waals surface area contributed by atoms with Crippen LogP contribution in [-0.2, 0) is 4.74 Å². The van der Waals surface area contributed by atoms with Gasteiger partial charge in [0.05, 0.1) is 6.10 Å². The second-order valence-corrected chi connectivity index (χ2v) is 9.32. The van der Waals surface area contributed by atoms with Crippen LogP contribution < -0.4 is 5.32 Å². The van der Waals surface area contributed by atoms with E-state index in [0.717, 1.165) is 40.5 Å². The molecule has 1 atom stereocenters. The van der Waals surface area contributed by atoms with Crippen molar-refractivity contribution in [2.75, 3.05) is 30.0 Å². The summed E-state index contributed by atoms with van der Waals surface area (Å²) in [6, 6.07) is 6.67. The first-order chi connectivity index (χ1) is 11.7. The number of hydrogen-bond acceptors (Lipinski definition) is 7. The summed E-state index contributed by atoms with van der Waals surface area (Å²) in [5.41, 5.74) is 2.71. The van der Waals surface area contributed by atoms with Crippen molar-refractivity contribution in [1.29, 1.82) is 0 Å². The van der Waals surface area contributed by atoms with Crippen molar-refractivity contribution in [3.8, 4) is 0 Å². The summed E-state index contributed by atoms with van der Waals surface area (Å²) in [6.07, 6.45) is 2.64. The number of ether oxygens (including phenoxy) is 1. The Balaban J connectivity index is 1.36. The largest absolute Gasteiger partial charge is 0.376 e. The van der Waals surface area contributed by atoms with Crippen LogP contribution in [0.2, 0.25) is 0 Å². The van der Waals surface area contributed by atoms with Gasteiger partial charge >= 0.3 is 0 Å². The van der Waals surface area contributed by atoms with Gasteiger partial charge in [0, 0.05) is 29.6 Å². The van der Waals surface area contributed by atoms with Gasteiger partial charge in [0.1, 0.15) is 0 Å². The zero-order chi connectivity index (χ0) is 16.8. The zero-order valence-corrected chi connectivity index (χ0v) is 16.5. The van der Waals surface area contributed by atoms with E-state index in [1.807, 2.05) is 11.8 Å². The predicted molar refractivity (Wildman–Crippen MR) is 105 cm³/mol. The Morgan fingerprint density at radius 3 is 2.88 bits per heavy atom. The standard InChI is InChI=1S/C17H23N3OS3/c1-12-5-6-15(10-13(12)2)22-8-9-23-17-20-19-16(24-17)18-11-14-4-3-7-21-14/h5-6,10,14H,3-4,7-9,11H2,1-2H3,(H,18,19). The van der Waals surface area contributed by atoms with Gasteiger partial charge in [-0.2, -0.15) is 0 Å². The highest BCUT2D eigenvalue weighted by molar-refractivity contribution is 8.03. The van der Waals surface area contributed by atoms with Crippen molar-refractivity contribution >= 4 is 40.0 Å². The number of nitrogens with one attached hydrogen (secondary N) is 1. The lowest BCUT2D eigenvalue weighted by Crippen LogP contribution is -2.18. The molecule has 1 aliphatic heterocycles. The summed E-state index contributed by atoms with van der Waals surface area (Å²) in [4.78, 5) is 1.34. The molecule has 1 N–H and O–H groups in total. The average molecular weight is 382 g/mol. The van der Waals surface area contributed by atoms with Crippen LogP contribution in [0.3, 0.4) is 0 Å². The second kappa shape index (κ2) is 9.08. The van der Waals surface area contributed by atoms with E-state index in [0.29, 0.717) is 6.10 Å². The lowest BCUT2D eigenvalue weighted by Gasteiger charge is -2.08. The van der Waals surface area contributed by atoms with Gasteiger partial charge in [-0.05, 0) is 49.9 Å². The Bertz CT molecular complexity index is 656. The minimum Gasteiger partial charge on any atom is -0.376 e. The van der Waals surface area contributed by atoms with Gasteiger partial charge in [-0.25, -0.2) is 0 Å². The SMILES string of the molecule is Cc1ccc(SCCSc2nnc(NCC3CCCO3)s2)cc1C. The van der Waals surface area contributed by atoms with Gasteiger partial charge in [-0.15, -0.1) is 22.0 Å². The van der Waals surface area contributed by atoms with Crippen LogP contribution in [0, 0.1) is 13.8 Å². The molecule has 2 heterocycles. The maximum absolute atomic E-state index is 5.60. The van der Waals surface area contributed by atoms with Gasteiger partial charge in [0.15, 0.2) is 4.34 Å². The number of aryl methyl sites for hydroxylation is 2. The topological polar surface area (TPSA) is 47.0 Å². The second-order valence-electron chi connectivity index (χ2n) is 5.83. The monoisotopic (exact) mass is 381 g/mol. The van der Waals surface area contributed by atoms with Crippen LogP contribution in [0.15, 0.2) is 27.4 Å². The molecule has 0 radical (unpaired) electrons. The van der Waals surface area contributed by atoms with Crippen LogP contribution in [-0.4, -0.2) is 41.0 Å². The molecular weight excluding hydrogens is 358 g/mol. The van der Waals surface area contributed by atoms with Crippen molar-refractivity contribution < 1.29 is 4.74 Å². The number of nitrogens with zero attached hydrogens (tertiary/aromatic N) is 2. The van der Waals surface area contributed by atoms with Gasteiger partial charge in [0.25, 0.3) is 0 Å². The molecule has 3 rings (SSSR count). The fraction of sp³-hybridized carbons (Fsp3) is 0.529. The van der Waals surface area contributed by atoms with Crippen molar-refractivity contribution in [3.05, 3.63) is 29.3 Å². The molecule has 2 aromatic rings. The van der Waals surface area contributed by atoms with Crippen LogP contribution >= 0.6 is 34.9 Å². The normalized spacial score (nSPS) is 17.3. The summed E-state index contributed by atoms with van der Waals surface area (Å²) in [7, 11) is 0. The zero-order valence-electron chi connectivity index (χ0n) is 14.1. The maximum atomic E-state index is 5.60. The summed E-state index contributed by atoms with van der Waals surface area (Å²) in [5.74, 6) is 2.11. The summed E-state index contributed by atoms with van der Waals surface area (Å²) in [5, 5.41) is 12.7. The number of thioether (sulfide) groups is 2. The molecule has 0 spiro atoms. The molecule has 1 aromatic heterocycles. The highest BCUT2D eigenvalue weighted by atomic mass is 32.2. The smallest absolute Gasteiger partial charge is 0.206 e. The number of hydrogen-bond donors (Lipinski definition) is 1. The number of benzene rings is 1. The first kappa shape index (κ1) is 18.0. The van der Waals surface area contributed by atoms with Crippen molar-refractivity contribution in [1.82, 2.24) is 10.2 Å². The third kappa shape index (κ3) is 5.37. The van der Waals surface area contributed by atoms with Crippen LogP contribution in [0.5, 0.6) is 0 Å². The van der Waals surface area contributed by atoms with Gasteiger partial charge < -0.3 is 10.1 Å². The molecule has 1 saturated heterocycles. The van der Waals surface area contributed by atoms with Gasteiger partial charge in [-0.1, -0.05) is 29.2 Å². The summed E-state index contributed by atoms with van der Waals surface area (Å²) >= 11 is 5.31. The quantitative estimate of drug-likeness (QED) is 0.531. The van der Waals surface area contributed by atoms with Crippen LogP contribution in [0.1, 0.15) is 24.0 Å². The molecule has 1 unspecified atom stereocenters. The van der Waals surface area contributed by atoms with E-state index in [1.165, 1.54) is 22.4 Å². The minimum absolute atomic E-state index is 0.333. The van der Waals surface area contributed by atoms with E-state index in [1.54, 1.807) is 23.1 Å². The number of anilines is 1. The molecule has 4 nitrogen and oxygen atoms in total. The average Bonchev–Trinajstić information content (AvgIpc) is 3.24. The molecule has 7 heteroatoms. The highest BCUT2D eigenvalue weighted by Gasteiger charge is 2.15. The Hall–Kier alpha value is -0.760. The minimum atomic E-state index is 0.333. The van der Waals surface area contributed by atoms with E-state index >= 15 is 0 Å². The molecule has 24 heavy (non-hydrogen) atoms. The molecule has 130 valence electrons. The van der Waals surface area contributed by atoms with Crippen LogP contribution in [0.4, 0.5) is 5.13 Å².